The summed E-state index contributed by atoms with van der Waals surface area (Å²) in [7, 11) is 3.87. The highest BCUT2D eigenvalue weighted by atomic mass is 32.2. The number of fused-ring (bicyclic) bond motifs is 1. The number of rotatable bonds is 6. The number of amidine groups is 1. The average Bonchev–Trinajstić information content (AvgIpc) is 3.36. The number of aliphatic imine (C=N–C) groups is 1. The number of nitrogen functional groups attached to an aromatic ring is 1. The van der Waals surface area contributed by atoms with Crippen molar-refractivity contribution in [1.82, 2.24) is 14.9 Å². The van der Waals surface area contributed by atoms with Gasteiger partial charge in [-0.1, -0.05) is 20.8 Å². The fraction of sp³-hybridized carbons (Fsp3) is 0.450. The number of nitrogens with two attached hydrogens (primary N) is 1. The molecule has 0 unspecified atom stereocenters. The summed E-state index contributed by atoms with van der Waals surface area (Å²) in [4.78, 5) is 16.9. The van der Waals surface area contributed by atoms with E-state index >= 15 is 0 Å². The molecule has 0 spiro atoms. The van der Waals surface area contributed by atoms with E-state index in [-0.39, 0.29) is 0 Å². The van der Waals surface area contributed by atoms with Gasteiger partial charge in [0.2, 0.25) is 0 Å². The molecule has 0 aliphatic carbocycles. The second kappa shape index (κ2) is 10.8. The number of nitrogens with zero attached hydrogens (tertiary/aromatic N) is 4. The van der Waals surface area contributed by atoms with Gasteiger partial charge in [-0.2, -0.15) is 0 Å². The van der Waals surface area contributed by atoms with Gasteiger partial charge >= 0.3 is 0 Å². The van der Waals surface area contributed by atoms with Crippen LogP contribution in [0.2, 0.25) is 0 Å². The zero-order valence-electron chi connectivity index (χ0n) is 17.4. The molecule has 0 amide bonds. The topological polar surface area (TPSA) is 67.4 Å². The summed E-state index contributed by atoms with van der Waals surface area (Å²) in [6.45, 7) is 9.16. The molecule has 5 nitrogen and oxygen atoms in total. The second-order valence-electron chi connectivity index (χ2n) is 5.79. The van der Waals surface area contributed by atoms with E-state index in [9.17, 15) is 0 Å². The van der Waals surface area contributed by atoms with Crippen molar-refractivity contribution < 1.29 is 0 Å². The number of hydrogen-bond donors (Lipinski definition) is 1. The summed E-state index contributed by atoms with van der Waals surface area (Å²) in [5, 5.41) is 3.89. The molecule has 8 heteroatoms. The van der Waals surface area contributed by atoms with Crippen LogP contribution in [0.4, 0.5) is 5.69 Å². The van der Waals surface area contributed by atoms with Gasteiger partial charge in [0.05, 0.1) is 9.90 Å². The van der Waals surface area contributed by atoms with Crippen LogP contribution < -0.4 is 5.73 Å². The highest BCUT2D eigenvalue weighted by Crippen LogP contribution is 2.42. The molecule has 0 radical (unpaired) electrons. The molecular weight excluding hydrogens is 406 g/mol. The van der Waals surface area contributed by atoms with Gasteiger partial charge in [0, 0.05) is 43.2 Å². The van der Waals surface area contributed by atoms with E-state index in [0.717, 1.165) is 60.9 Å². The Kier molecular flexibility index (Phi) is 8.72. The maximum Gasteiger partial charge on any atom is 0.141 e. The SMILES string of the molecule is CC.CCCSc1sc2nc(-c3nccs3)cc(C(=NC)N(C)CC)c2c1N. The van der Waals surface area contributed by atoms with Crippen molar-refractivity contribution in [3.63, 3.8) is 0 Å². The van der Waals surface area contributed by atoms with Crippen LogP contribution in [0, 0.1) is 0 Å². The number of aromatic nitrogens is 2. The summed E-state index contributed by atoms with van der Waals surface area (Å²) in [6.07, 6.45) is 2.92. The van der Waals surface area contributed by atoms with Crippen molar-refractivity contribution in [2.75, 3.05) is 32.1 Å². The number of thiophene rings is 1. The van der Waals surface area contributed by atoms with Crippen molar-refractivity contribution in [2.45, 2.75) is 38.3 Å². The van der Waals surface area contributed by atoms with E-state index in [1.54, 1.807) is 34.4 Å². The Morgan fingerprint density at radius 2 is 2.07 bits per heavy atom. The van der Waals surface area contributed by atoms with Crippen LogP contribution in [0.25, 0.3) is 20.9 Å². The zero-order valence-corrected chi connectivity index (χ0v) is 19.9. The third-order valence-electron chi connectivity index (χ3n) is 4.04. The monoisotopic (exact) mass is 435 g/mol. The third kappa shape index (κ3) is 4.67. The Balaban J connectivity index is 0.00000136. The van der Waals surface area contributed by atoms with Crippen molar-refractivity contribution in [2.24, 2.45) is 4.99 Å². The Morgan fingerprint density at radius 1 is 1.32 bits per heavy atom. The van der Waals surface area contributed by atoms with Gasteiger partial charge in [-0.25, -0.2) is 9.97 Å². The standard InChI is InChI=1S/C18H23N5S3.C2H6/c1-5-8-25-18-14(19)13-11(15(20-3)23(4)6-2)10-12(22-17(13)26-18)16-21-7-9-24-16;1-2/h7,9-10H,5-6,8,19H2,1-4H3;1-2H3. The minimum atomic E-state index is 0.822. The maximum absolute atomic E-state index is 6.55. The molecule has 0 atom stereocenters. The second-order valence-corrected chi connectivity index (χ2v) is 9.04. The number of thiazole rings is 1. The molecule has 0 fully saturated rings. The highest BCUT2D eigenvalue weighted by molar-refractivity contribution is 8.01. The Morgan fingerprint density at radius 3 is 2.64 bits per heavy atom. The molecular formula is C20H29N5S3. The lowest BCUT2D eigenvalue weighted by Crippen LogP contribution is -2.27. The molecule has 0 aromatic carbocycles. The molecule has 3 heterocycles. The van der Waals surface area contributed by atoms with E-state index < -0.39 is 0 Å². The van der Waals surface area contributed by atoms with Gasteiger partial charge in [0.1, 0.15) is 21.4 Å². The third-order valence-corrected chi connectivity index (χ3v) is 7.43. The molecule has 0 aliphatic heterocycles. The van der Waals surface area contributed by atoms with Crippen LogP contribution in [-0.4, -0.2) is 47.1 Å². The van der Waals surface area contributed by atoms with E-state index in [1.165, 1.54) is 0 Å². The maximum atomic E-state index is 6.55. The van der Waals surface area contributed by atoms with Gasteiger partial charge < -0.3 is 10.6 Å². The first kappa shape index (κ1) is 22.6. The first-order valence-electron chi connectivity index (χ1n) is 9.54. The summed E-state index contributed by atoms with van der Waals surface area (Å²) in [5.74, 6) is 1.98. The Hall–Kier alpha value is -1.64. The quantitative estimate of drug-likeness (QED) is 0.298. The minimum Gasteiger partial charge on any atom is -0.397 e. The van der Waals surface area contributed by atoms with Gasteiger partial charge in [-0.05, 0) is 25.2 Å². The van der Waals surface area contributed by atoms with E-state index in [4.69, 9.17) is 10.7 Å². The van der Waals surface area contributed by atoms with Crippen LogP contribution in [0.1, 0.15) is 39.7 Å². The van der Waals surface area contributed by atoms with E-state index in [2.05, 4.69) is 34.8 Å². The molecule has 28 heavy (non-hydrogen) atoms. The molecule has 0 bridgehead atoms. The molecule has 2 N–H and O–H groups in total. The van der Waals surface area contributed by atoms with Crippen LogP contribution in [-0.2, 0) is 0 Å². The summed E-state index contributed by atoms with van der Waals surface area (Å²) >= 11 is 5.06. The summed E-state index contributed by atoms with van der Waals surface area (Å²) in [5.41, 5.74) is 9.28. The van der Waals surface area contributed by atoms with Crippen molar-refractivity contribution in [3.05, 3.63) is 23.2 Å². The van der Waals surface area contributed by atoms with Crippen LogP contribution in [0.15, 0.2) is 26.8 Å². The smallest absolute Gasteiger partial charge is 0.141 e. The number of hydrogen-bond acceptors (Lipinski definition) is 7. The highest BCUT2D eigenvalue weighted by Gasteiger charge is 2.21. The van der Waals surface area contributed by atoms with Crippen LogP contribution in [0.3, 0.4) is 0 Å². The Labute approximate surface area is 180 Å². The first-order valence-corrected chi connectivity index (χ1v) is 12.2. The molecule has 152 valence electrons. The van der Waals surface area contributed by atoms with Crippen molar-refractivity contribution in [3.8, 4) is 10.7 Å². The lowest BCUT2D eigenvalue weighted by molar-refractivity contribution is 0.536. The van der Waals surface area contributed by atoms with Crippen LogP contribution in [0.5, 0.6) is 0 Å². The predicted octanol–water partition coefficient (Wildman–Crippen LogP) is 5.86. The minimum absolute atomic E-state index is 0.822. The van der Waals surface area contributed by atoms with E-state index in [0.29, 0.717) is 0 Å². The average molecular weight is 436 g/mol. The molecule has 0 saturated carbocycles. The van der Waals surface area contributed by atoms with Crippen LogP contribution >= 0.6 is 34.4 Å². The number of thioether (sulfide) groups is 1. The largest absolute Gasteiger partial charge is 0.397 e. The molecule has 0 saturated heterocycles. The Bertz CT molecular complexity index is 916. The number of anilines is 1. The van der Waals surface area contributed by atoms with Gasteiger partial charge in [0.15, 0.2) is 0 Å². The lowest BCUT2D eigenvalue weighted by atomic mass is 10.1. The van der Waals surface area contributed by atoms with Crippen molar-refractivity contribution >= 4 is 56.2 Å². The van der Waals surface area contributed by atoms with Gasteiger partial charge in [0.25, 0.3) is 0 Å². The van der Waals surface area contributed by atoms with Gasteiger partial charge in [-0.3, -0.25) is 4.99 Å². The summed E-state index contributed by atoms with van der Waals surface area (Å²) < 4.78 is 1.14. The van der Waals surface area contributed by atoms with Gasteiger partial charge in [-0.15, -0.1) is 34.4 Å². The molecule has 3 aromatic heterocycles. The molecule has 3 aromatic rings. The van der Waals surface area contributed by atoms with Crippen molar-refractivity contribution in [1.29, 1.82) is 0 Å². The fourth-order valence-corrected chi connectivity index (χ4v) is 5.51. The molecule has 3 rings (SSSR count). The normalized spacial score (nSPS) is 11.4. The first-order chi connectivity index (χ1) is 13.6. The van der Waals surface area contributed by atoms with E-state index in [1.807, 2.05) is 39.5 Å². The predicted molar refractivity (Wildman–Crippen MR) is 128 cm³/mol. The lowest BCUT2D eigenvalue weighted by Gasteiger charge is -2.20. The zero-order chi connectivity index (χ0) is 20.7. The molecule has 0 aliphatic rings. The fourth-order valence-electron chi connectivity index (χ4n) is 2.69. The summed E-state index contributed by atoms with van der Waals surface area (Å²) in [6, 6.07) is 2.08. The number of pyridine rings is 1.